The Kier molecular flexibility index (Phi) is 7.90. The molecule has 0 aliphatic rings. The van der Waals surface area contributed by atoms with Crippen molar-refractivity contribution in [2.45, 2.75) is 45.4 Å². The van der Waals surface area contributed by atoms with Crippen molar-refractivity contribution >= 4 is 11.8 Å². The van der Waals surface area contributed by atoms with Crippen LogP contribution in [0.1, 0.15) is 71.7 Å². The van der Waals surface area contributed by atoms with Gasteiger partial charge >= 0.3 is 5.97 Å². The van der Waals surface area contributed by atoms with Gasteiger partial charge in [0.15, 0.2) is 5.78 Å². The molecule has 0 aliphatic carbocycles. The van der Waals surface area contributed by atoms with E-state index < -0.39 is 5.97 Å². The summed E-state index contributed by atoms with van der Waals surface area (Å²) in [5, 5.41) is 0. The molecule has 2 aromatic carbocycles. The zero-order valence-corrected chi connectivity index (χ0v) is 14.9. The van der Waals surface area contributed by atoms with E-state index in [1.54, 1.807) is 36.4 Å². The number of ether oxygens (including phenoxy) is 1. The standard InChI is InChI=1S/C22H26O3/c1-2-3-4-5-6-12-17-25-22(24)20-16-11-10-15-19(20)21(23)18-13-8-7-9-14-18/h7-11,13-16H,2-6,12,17H2,1H3. The van der Waals surface area contributed by atoms with Crippen LogP contribution in [0.2, 0.25) is 0 Å². The number of unbranched alkanes of at least 4 members (excludes halogenated alkanes) is 5. The zero-order valence-electron chi connectivity index (χ0n) is 14.9. The zero-order chi connectivity index (χ0) is 17.9. The summed E-state index contributed by atoms with van der Waals surface area (Å²) in [6, 6.07) is 15.8. The van der Waals surface area contributed by atoms with Crippen molar-refractivity contribution < 1.29 is 14.3 Å². The van der Waals surface area contributed by atoms with E-state index in [1.165, 1.54) is 25.7 Å². The highest BCUT2D eigenvalue weighted by Gasteiger charge is 2.18. The van der Waals surface area contributed by atoms with Gasteiger partial charge < -0.3 is 4.74 Å². The molecule has 0 saturated carbocycles. The van der Waals surface area contributed by atoms with Crippen molar-refractivity contribution in [1.29, 1.82) is 0 Å². The lowest BCUT2D eigenvalue weighted by atomic mass is 9.98. The number of benzene rings is 2. The largest absolute Gasteiger partial charge is 0.462 e. The maximum absolute atomic E-state index is 12.6. The summed E-state index contributed by atoms with van der Waals surface area (Å²) in [5.74, 6) is -0.582. The summed E-state index contributed by atoms with van der Waals surface area (Å²) in [6.07, 6.45) is 6.82. The normalized spacial score (nSPS) is 10.4. The van der Waals surface area contributed by atoms with Gasteiger partial charge in [-0.05, 0) is 12.5 Å². The molecule has 0 saturated heterocycles. The minimum Gasteiger partial charge on any atom is -0.462 e. The Bertz CT molecular complexity index is 677. The molecule has 0 radical (unpaired) electrons. The van der Waals surface area contributed by atoms with Gasteiger partial charge in [0.2, 0.25) is 0 Å². The lowest BCUT2D eigenvalue weighted by Crippen LogP contribution is -2.13. The van der Waals surface area contributed by atoms with Crippen molar-refractivity contribution in [2.24, 2.45) is 0 Å². The third kappa shape index (κ3) is 5.86. The number of ketones is 1. The molecule has 0 bridgehead atoms. The van der Waals surface area contributed by atoms with Crippen molar-refractivity contribution in [3.05, 3.63) is 71.3 Å². The van der Waals surface area contributed by atoms with Crippen LogP contribution in [0, 0.1) is 0 Å². The molecule has 0 heterocycles. The third-order valence-corrected chi connectivity index (χ3v) is 4.16. The molecule has 0 fully saturated rings. The Morgan fingerprint density at radius 3 is 2.08 bits per heavy atom. The van der Waals surface area contributed by atoms with E-state index in [4.69, 9.17) is 4.74 Å². The number of rotatable bonds is 10. The Morgan fingerprint density at radius 1 is 0.760 bits per heavy atom. The van der Waals surface area contributed by atoms with Gasteiger partial charge in [0.1, 0.15) is 0 Å². The molecule has 3 nitrogen and oxygen atoms in total. The lowest BCUT2D eigenvalue weighted by Gasteiger charge is -2.09. The number of hydrogen-bond acceptors (Lipinski definition) is 3. The quantitative estimate of drug-likeness (QED) is 0.329. The molecule has 0 aliphatic heterocycles. The first kappa shape index (κ1) is 18.9. The lowest BCUT2D eigenvalue weighted by molar-refractivity contribution is 0.0495. The van der Waals surface area contributed by atoms with Gasteiger partial charge in [-0.1, -0.05) is 87.6 Å². The minimum absolute atomic E-state index is 0.160. The second-order valence-corrected chi connectivity index (χ2v) is 6.14. The molecule has 132 valence electrons. The number of carbonyl (C=O) groups is 2. The third-order valence-electron chi connectivity index (χ3n) is 4.16. The van der Waals surface area contributed by atoms with E-state index in [0.717, 1.165) is 12.8 Å². The highest BCUT2D eigenvalue weighted by molar-refractivity contribution is 6.14. The van der Waals surface area contributed by atoms with E-state index in [0.29, 0.717) is 23.3 Å². The predicted molar refractivity (Wildman–Crippen MR) is 100.0 cm³/mol. The highest BCUT2D eigenvalue weighted by atomic mass is 16.5. The Hall–Kier alpha value is -2.42. The van der Waals surface area contributed by atoms with Gasteiger partial charge in [0.25, 0.3) is 0 Å². The fraction of sp³-hybridized carbons (Fsp3) is 0.364. The SMILES string of the molecule is CCCCCCCCOC(=O)c1ccccc1C(=O)c1ccccc1. The van der Waals surface area contributed by atoms with Crippen LogP contribution in [0.4, 0.5) is 0 Å². The first-order valence-electron chi connectivity index (χ1n) is 9.10. The Balaban J connectivity index is 1.93. The van der Waals surface area contributed by atoms with Crippen molar-refractivity contribution in [1.82, 2.24) is 0 Å². The van der Waals surface area contributed by atoms with Gasteiger partial charge in [0.05, 0.1) is 12.2 Å². The molecule has 0 N–H and O–H groups in total. The number of esters is 1. The Labute approximate surface area is 150 Å². The van der Waals surface area contributed by atoms with Crippen LogP contribution in [0.5, 0.6) is 0 Å². The van der Waals surface area contributed by atoms with Gasteiger partial charge in [-0.25, -0.2) is 4.79 Å². The average Bonchev–Trinajstić information content (AvgIpc) is 2.67. The molecule has 0 spiro atoms. The van der Waals surface area contributed by atoms with E-state index in [-0.39, 0.29) is 5.78 Å². The fourth-order valence-corrected chi connectivity index (χ4v) is 2.73. The first-order chi connectivity index (χ1) is 12.2. The van der Waals surface area contributed by atoms with Crippen LogP contribution in [-0.4, -0.2) is 18.4 Å². The molecule has 0 unspecified atom stereocenters. The van der Waals surface area contributed by atoms with Crippen molar-refractivity contribution in [2.75, 3.05) is 6.61 Å². The maximum Gasteiger partial charge on any atom is 0.338 e. The summed E-state index contributed by atoms with van der Waals surface area (Å²) in [7, 11) is 0. The number of carbonyl (C=O) groups excluding carboxylic acids is 2. The molecule has 25 heavy (non-hydrogen) atoms. The molecule has 0 amide bonds. The predicted octanol–water partition coefficient (Wildman–Crippen LogP) is 5.43. The van der Waals surface area contributed by atoms with Gasteiger partial charge in [0, 0.05) is 11.1 Å². The summed E-state index contributed by atoms with van der Waals surface area (Å²) in [5.41, 5.74) is 1.29. The summed E-state index contributed by atoms with van der Waals surface area (Å²) >= 11 is 0. The molecule has 3 heteroatoms. The molecule has 0 atom stereocenters. The fourth-order valence-electron chi connectivity index (χ4n) is 2.73. The molecule has 2 aromatic rings. The summed E-state index contributed by atoms with van der Waals surface area (Å²) in [4.78, 5) is 25.0. The second-order valence-electron chi connectivity index (χ2n) is 6.14. The van der Waals surface area contributed by atoms with E-state index in [9.17, 15) is 9.59 Å². The first-order valence-corrected chi connectivity index (χ1v) is 9.10. The molecular weight excluding hydrogens is 312 g/mol. The maximum atomic E-state index is 12.6. The second kappa shape index (κ2) is 10.4. The molecule has 0 aromatic heterocycles. The monoisotopic (exact) mass is 338 g/mol. The van der Waals surface area contributed by atoms with Crippen LogP contribution in [-0.2, 0) is 4.74 Å². The summed E-state index contributed by atoms with van der Waals surface area (Å²) in [6.45, 7) is 2.59. The van der Waals surface area contributed by atoms with Gasteiger partial charge in [-0.3, -0.25) is 4.79 Å². The van der Waals surface area contributed by atoms with Crippen LogP contribution >= 0.6 is 0 Å². The van der Waals surface area contributed by atoms with Crippen LogP contribution in [0.25, 0.3) is 0 Å². The summed E-state index contributed by atoms with van der Waals surface area (Å²) < 4.78 is 5.37. The molecule has 2 rings (SSSR count). The van der Waals surface area contributed by atoms with Gasteiger partial charge in [-0.2, -0.15) is 0 Å². The minimum atomic E-state index is -0.423. The Morgan fingerprint density at radius 2 is 1.36 bits per heavy atom. The van der Waals surface area contributed by atoms with Crippen LogP contribution < -0.4 is 0 Å². The molecular formula is C22H26O3. The van der Waals surface area contributed by atoms with E-state index >= 15 is 0 Å². The topological polar surface area (TPSA) is 43.4 Å². The smallest absolute Gasteiger partial charge is 0.338 e. The van der Waals surface area contributed by atoms with E-state index in [2.05, 4.69) is 6.92 Å². The van der Waals surface area contributed by atoms with Gasteiger partial charge in [-0.15, -0.1) is 0 Å². The van der Waals surface area contributed by atoms with E-state index in [1.807, 2.05) is 18.2 Å². The van der Waals surface area contributed by atoms with Crippen LogP contribution in [0.3, 0.4) is 0 Å². The number of hydrogen-bond donors (Lipinski definition) is 0. The average molecular weight is 338 g/mol. The van der Waals surface area contributed by atoms with Crippen molar-refractivity contribution in [3.63, 3.8) is 0 Å². The van der Waals surface area contributed by atoms with Crippen LogP contribution in [0.15, 0.2) is 54.6 Å². The highest BCUT2D eigenvalue weighted by Crippen LogP contribution is 2.16. The van der Waals surface area contributed by atoms with Crippen molar-refractivity contribution in [3.8, 4) is 0 Å².